The van der Waals surface area contributed by atoms with E-state index in [2.05, 4.69) is 81.5 Å². The van der Waals surface area contributed by atoms with Crippen LogP contribution in [-0.4, -0.2) is 37.2 Å². The van der Waals surface area contributed by atoms with Crippen molar-refractivity contribution in [3.05, 3.63) is 60.8 Å². The summed E-state index contributed by atoms with van der Waals surface area (Å²) in [5, 5.41) is 0. The molecular formula is C63H112O6. The molecule has 0 aromatic heterocycles. The molecule has 0 N–H and O–H groups in total. The van der Waals surface area contributed by atoms with E-state index >= 15 is 0 Å². The molecule has 0 spiro atoms. The third-order valence-corrected chi connectivity index (χ3v) is 13.0. The van der Waals surface area contributed by atoms with Crippen molar-refractivity contribution < 1.29 is 28.6 Å². The van der Waals surface area contributed by atoms with Gasteiger partial charge < -0.3 is 14.2 Å². The lowest BCUT2D eigenvalue weighted by molar-refractivity contribution is -0.167. The third kappa shape index (κ3) is 55.9. The largest absolute Gasteiger partial charge is 0.462 e. The third-order valence-electron chi connectivity index (χ3n) is 13.0. The second kappa shape index (κ2) is 57.7. The minimum Gasteiger partial charge on any atom is -0.462 e. The lowest BCUT2D eigenvalue weighted by Gasteiger charge is -2.18. The van der Waals surface area contributed by atoms with Crippen LogP contribution in [-0.2, 0) is 28.6 Å². The van der Waals surface area contributed by atoms with Gasteiger partial charge in [-0.3, -0.25) is 14.4 Å². The minimum atomic E-state index is -0.769. The average Bonchev–Trinajstić information content (AvgIpc) is 3.35. The van der Waals surface area contributed by atoms with E-state index in [0.717, 1.165) is 96.3 Å². The van der Waals surface area contributed by atoms with Gasteiger partial charge in [0.05, 0.1) is 0 Å². The van der Waals surface area contributed by atoms with Crippen molar-refractivity contribution in [3.8, 4) is 0 Å². The van der Waals surface area contributed by atoms with Crippen LogP contribution < -0.4 is 0 Å². The summed E-state index contributed by atoms with van der Waals surface area (Å²) in [6.07, 6.45) is 72.6. The first-order valence-electron chi connectivity index (χ1n) is 29.8. The molecule has 0 aliphatic carbocycles. The maximum atomic E-state index is 12.8. The number of hydrogen-bond acceptors (Lipinski definition) is 6. The summed E-state index contributed by atoms with van der Waals surface area (Å²) in [5.74, 6) is -0.875. The second-order valence-corrected chi connectivity index (χ2v) is 19.9. The molecule has 6 nitrogen and oxygen atoms in total. The highest BCUT2D eigenvalue weighted by Crippen LogP contribution is 2.17. The van der Waals surface area contributed by atoms with Crippen LogP contribution in [0.25, 0.3) is 0 Å². The van der Waals surface area contributed by atoms with Gasteiger partial charge in [0.15, 0.2) is 6.10 Å². The number of unbranched alkanes of at least 4 members (excludes halogenated alkanes) is 33. The molecule has 0 amide bonds. The van der Waals surface area contributed by atoms with Crippen LogP contribution in [0.1, 0.15) is 303 Å². The lowest BCUT2D eigenvalue weighted by Crippen LogP contribution is -2.30. The molecule has 0 saturated heterocycles. The smallest absolute Gasteiger partial charge is 0.306 e. The van der Waals surface area contributed by atoms with Crippen molar-refractivity contribution in [1.82, 2.24) is 0 Å². The summed E-state index contributed by atoms with van der Waals surface area (Å²) in [5.41, 5.74) is 0. The Hall–Kier alpha value is -2.89. The molecule has 0 saturated carbocycles. The Morgan fingerprint density at radius 3 is 0.884 bits per heavy atom. The first kappa shape index (κ1) is 66.1. The van der Waals surface area contributed by atoms with Crippen molar-refractivity contribution in [2.45, 2.75) is 309 Å². The average molecular weight is 966 g/mol. The Kier molecular flexibility index (Phi) is 55.3. The summed E-state index contributed by atoms with van der Waals surface area (Å²) in [6, 6.07) is 0. The fraction of sp³-hybridized carbons (Fsp3) is 0.794. The molecule has 0 aliphatic heterocycles. The summed E-state index contributed by atoms with van der Waals surface area (Å²) < 4.78 is 16.7. The maximum absolute atomic E-state index is 12.8. The molecule has 0 radical (unpaired) electrons. The van der Waals surface area contributed by atoms with Crippen molar-refractivity contribution in [1.29, 1.82) is 0 Å². The summed E-state index contributed by atoms with van der Waals surface area (Å²) in [6.45, 7) is 6.48. The van der Waals surface area contributed by atoms with Gasteiger partial charge in [-0.1, -0.05) is 281 Å². The van der Waals surface area contributed by atoms with E-state index in [1.807, 2.05) is 0 Å². The van der Waals surface area contributed by atoms with E-state index < -0.39 is 6.10 Å². The van der Waals surface area contributed by atoms with Gasteiger partial charge >= 0.3 is 17.9 Å². The number of carbonyl (C=O) groups excluding carboxylic acids is 3. The zero-order chi connectivity index (χ0) is 50.0. The van der Waals surface area contributed by atoms with Crippen LogP contribution in [0.3, 0.4) is 0 Å². The van der Waals surface area contributed by atoms with Crippen LogP contribution in [0.4, 0.5) is 0 Å². The Bertz CT molecular complexity index is 1250. The van der Waals surface area contributed by atoms with Gasteiger partial charge in [0.2, 0.25) is 0 Å². The minimum absolute atomic E-state index is 0.0723. The molecular weight excluding hydrogens is 853 g/mol. The molecule has 0 aliphatic rings. The van der Waals surface area contributed by atoms with Gasteiger partial charge in [-0.25, -0.2) is 0 Å². The number of carbonyl (C=O) groups is 3. The first-order valence-corrected chi connectivity index (χ1v) is 29.8. The number of hydrogen-bond donors (Lipinski definition) is 0. The highest BCUT2D eigenvalue weighted by molar-refractivity contribution is 5.71. The second-order valence-electron chi connectivity index (χ2n) is 19.9. The summed E-state index contributed by atoms with van der Waals surface area (Å²) >= 11 is 0. The van der Waals surface area contributed by atoms with Gasteiger partial charge in [-0.05, 0) is 64.2 Å². The highest BCUT2D eigenvalue weighted by Gasteiger charge is 2.19. The van der Waals surface area contributed by atoms with Gasteiger partial charge in [-0.2, -0.15) is 0 Å². The zero-order valence-corrected chi connectivity index (χ0v) is 45.8. The van der Waals surface area contributed by atoms with Crippen LogP contribution >= 0.6 is 0 Å². The molecule has 6 heteroatoms. The Morgan fingerprint density at radius 1 is 0.304 bits per heavy atom. The van der Waals surface area contributed by atoms with Gasteiger partial charge in [0.25, 0.3) is 0 Å². The Balaban J connectivity index is 4.04. The summed E-state index contributed by atoms with van der Waals surface area (Å²) in [7, 11) is 0. The number of esters is 3. The number of ether oxygens (including phenoxy) is 3. The summed E-state index contributed by atoms with van der Waals surface area (Å²) in [4.78, 5) is 37.8. The Labute approximate surface area is 428 Å². The van der Waals surface area contributed by atoms with Crippen molar-refractivity contribution in [2.24, 2.45) is 0 Å². The molecule has 400 valence electrons. The van der Waals surface area contributed by atoms with Crippen LogP contribution in [0, 0.1) is 0 Å². The fourth-order valence-electron chi connectivity index (χ4n) is 8.59. The maximum Gasteiger partial charge on any atom is 0.306 e. The van der Waals surface area contributed by atoms with E-state index in [1.165, 1.54) is 167 Å². The predicted molar refractivity (Wildman–Crippen MR) is 298 cm³/mol. The molecule has 0 fully saturated rings. The van der Waals surface area contributed by atoms with Gasteiger partial charge in [0.1, 0.15) is 13.2 Å². The monoisotopic (exact) mass is 965 g/mol. The van der Waals surface area contributed by atoms with Gasteiger partial charge in [-0.15, -0.1) is 0 Å². The van der Waals surface area contributed by atoms with E-state index in [0.29, 0.717) is 19.3 Å². The van der Waals surface area contributed by atoms with Gasteiger partial charge in [0, 0.05) is 19.3 Å². The lowest BCUT2D eigenvalue weighted by atomic mass is 10.0. The fourth-order valence-corrected chi connectivity index (χ4v) is 8.59. The van der Waals surface area contributed by atoms with Crippen molar-refractivity contribution >= 4 is 17.9 Å². The molecule has 0 heterocycles. The molecule has 0 aromatic rings. The van der Waals surface area contributed by atoms with Crippen LogP contribution in [0.2, 0.25) is 0 Å². The molecule has 1 unspecified atom stereocenters. The predicted octanol–water partition coefficient (Wildman–Crippen LogP) is 20.0. The number of rotatable bonds is 54. The number of allylic oxidation sites excluding steroid dienone is 10. The van der Waals surface area contributed by atoms with Crippen molar-refractivity contribution in [2.75, 3.05) is 13.2 Å². The molecule has 69 heavy (non-hydrogen) atoms. The van der Waals surface area contributed by atoms with E-state index in [9.17, 15) is 14.4 Å². The molecule has 0 bridgehead atoms. The van der Waals surface area contributed by atoms with Crippen LogP contribution in [0.5, 0.6) is 0 Å². The quantitative estimate of drug-likeness (QED) is 0.0262. The first-order chi connectivity index (χ1) is 34.0. The molecule has 1 atom stereocenters. The topological polar surface area (TPSA) is 78.9 Å². The van der Waals surface area contributed by atoms with E-state index in [1.54, 1.807) is 0 Å². The van der Waals surface area contributed by atoms with Crippen LogP contribution in [0.15, 0.2) is 60.8 Å². The highest BCUT2D eigenvalue weighted by atomic mass is 16.6. The molecule has 0 aromatic carbocycles. The SMILES string of the molecule is CC/C=C\C/C=C\C/C=C\C/C=C\C/C=C\CCCCCCCCCCCCCC(=O)OCC(COC(=O)CCCCCCC)OC(=O)CCCCCCCCCCCCCCCCCCCCC. The molecule has 0 rings (SSSR count). The van der Waals surface area contributed by atoms with Crippen molar-refractivity contribution in [3.63, 3.8) is 0 Å². The van der Waals surface area contributed by atoms with E-state index in [-0.39, 0.29) is 31.1 Å². The standard InChI is InChI=1S/C63H112O6/c1-4-7-10-13-15-17-19-21-23-25-27-28-29-30-31-32-33-34-36-37-39-41-43-45-47-50-53-56-62(65)68-59-60(58-67-61(64)55-52-49-12-9-6-3)69-63(66)57-54-51-48-46-44-42-40-38-35-26-24-22-20-18-16-14-11-8-5-2/h7,10,15,17,21,23,27-28,30-31,60H,4-6,8-9,11-14,16,18-20,22,24-26,29,32-59H2,1-3H3/b10-7-,17-15-,23-21-,28-27-,31-30-. The zero-order valence-electron chi connectivity index (χ0n) is 45.8. The Morgan fingerprint density at radius 2 is 0.565 bits per heavy atom. The normalized spacial score (nSPS) is 12.4. The van der Waals surface area contributed by atoms with E-state index in [4.69, 9.17) is 14.2 Å².